The van der Waals surface area contributed by atoms with Crippen LogP contribution in [0.5, 0.6) is 0 Å². The molecule has 22 heavy (non-hydrogen) atoms. The summed E-state index contributed by atoms with van der Waals surface area (Å²) in [5, 5.41) is 20.0. The predicted octanol–water partition coefficient (Wildman–Crippen LogP) is 2.96. The van der Waals surface area contributed by atoms with E-state index in [9.17, 15) is 5.11 Å². The van der Waals surface area contributed by atoms with Gasteiger partial charge >= 0.3 is 0 Å². The molecule has 1 aliphatic heterocycles. The monoisotopic (exact) mass is 292 g/mol. The number of aliphatic hydroxyl groups is 1. The number of hydrogen-bond acceptors (Lipinski definition) is 3. The van der Waals surface area contributed by atoms with Crippen LogP contribution in [0, 0.1) is 18.3 Å². The van der Waals surface area contributed by atoms with E-state index in [0.717, 1.165) is 36.2 Å². The lowest BCUT2D eigenvalue weighted by Crippen LogP contribution is -2.31. The molecule has 3 nitrogen and oxygen atoms in total. The fourth-order valence-electron chi connectivity index (χ4n) is 3.32. The van der Waals surface area contributed by atoms with E-state index in [2.05, 4.69) is 11.0 Å². The van der Waals surface area contributed by atoms with Gasteiger partial charge in [-0.25, -0.2) is 0 Å². The summed E-state index contributed by atoms with van der Waals surface area (Å²) >= 11 is 0. The zero-order valence-electron chi connectivity index (χ0n) is 12.8. The first-order valence-corrected chi connectivity index (χ1v) is 7.61. The zero-order chi connectivity index (χ0) is 15.6. The summed E-state index contributed by atoms with van der Waals surface area (Å²) < 4.78 is 0. The maximum Gasteiger partial charge on any atom is 0.104 e. The third-order valence-electron chi connectivity index (χ3n) is 4.44. The van der Waals surface area contributed by atoms with Crippen molar-refractivity contribution in [2.24, 2.45) is 0 Å². The molecule has 2 aromatic carbocycles. The van der Waals surface area contributed by atoms with Gasteiger partial charge in [0.1, 0.15) is 5.60 Å². The van der Waals surface area contributed by atoms with Crippen molar-refractivity contribution >= 4 is 0 Å². The lowest BCUT2D eigenvalue weighted by atomic mass is 9.89. The Balaban J connectivity index is 1.75. The third kappa shape index (κ3) is 2.89. The molecule has 1 heterocycles. The molecule has 2 aromatic rings. The van der Waals surface area contributed by atoms with Gasteiger partial charge in [0, 0.05) is 19.6 Å². The Morgan fingerprint density at radius 3 is 2.82 bits per heavy atom. The fourth-order valence-corrected chi connectivity index (χ4v) is 3.32. The number of β-amino-alcohol motifs (C(OH)–C–C–N with tert-alkyl or cyclic N) is 1. The summed E-state index contributed by atoms with van der Waals surface area (Å²) in [6.45, 7) is 4.31. The number of likely N-dealkylation sites (tertiary alicyclic amines) is 1. The minimum atomic E-state index is -0.766. The summed E-state index contributed by atoms with van der Waals surface area (Å²) in [7, 11) is 0. The van der Waals surface area contributed by atoms with Crippen LogP contribution < -0.4 is 0 Å². The van der Waals surface area contributed by atoms with E-state index in [4.69, 9.17) is 5.26 Å². The average Bonchev–Trinajstić information content (AvgIpc) is 2.90. The largest absolute Gasteiger partial charge is 0.384 e. The van der Waals surface area contributed by atoms with Crippen molar-refractivity contribution in [3.05, 3.63) is 70.8 Å². The van der Waals surface area contributed by atoms with Gasteiger partial charge in [-0.2, -0.15) is 5.26 Å². The van der Waals surface area contributed by atoms with E-state index in [-0.39, 0.29) is 0 Å². The van der Waals surface area contributed by atoms with E-state index in [1.54, 1.807) is 0 Å². The highest BCUT2D eigenvalue weighted by Crippen LogP contribution is 2.34. The molecule has 0 amide bonds. The van der Waals surface area contributed by atoms with Crippen molar-refractivity contribution in [1.29, 1.82) is 5.26 Å². The van der Waals surface area contributed by atoms with Crippen LogP contribution in [0.25, 0.3) is 0 Å². The van der Waals surface area contributed by atoms with E-state index >= 15 is 0 Å². The lowest BCUT2D eigenvalue weighted by Gasteiger charge is -2.25. The Morgan fingerprint density at radius 2 is 2.05 bits per heavy atom. The molecule has 1 fully saturated rings. The Hall–Kier alpha value is -2.15. The molecule has 0 bridgehead atoms. The molecule has 0 spiro atoms. The smallest absolute Gasteiger partial charge is 0.104 e. The Morgan fingerprint density at radius 1 is 1.23 bits per heavy atom. The first-order valence-electron chi connectivity index (χ1n) is 7.61. The lowest BCUT2D eigenvalue weighted by molar-refractivity contribution is 0.0447. The quantitative estimate of drug-likeness (QED) is 0.946. The Labute approximate surface area is 131 Å². The summed E-state index contributed by atoms with van der Waals surface area (Å²) in [4.78, 5) is 2.25. The molecular formula is C19H20N2O. The Kier molecular flexibility index (Phi) is 3.98. The molecular weight excluding hydrogens is 272 g/mol. The van der Waals surface area contributed by atoms with Crippen LogP contribution in [0.15, 0.2) is 48.5 Å². The molecule has 0 saturated carbocycles. The number of aryl methyl sites for hydroxylation is 1. The topological polar surface area (TPSA) is 47.3 Å². The second-order valence-corrected chi connectivity index (χ2v) is 6.12. The first kappa shape index (κ1) is 14.8. The zero-order valence-corrected chi connectivity index (χ0v) is 12.8. The number of benzene rings is 2. The van der Waals surface area contributed by atoms with Crippen LogP contribution in [0.2, 0.25) is 0 Å². The van der Waals surface area contributed by atoms with E-state index < -0.39 is 5.60 Å². The SMILES string of the molecule is Cc1ccccc1C1(O)CCN(Cc2cccc(C#N)c2)C1. The maximum absolute atomic E-state index is 11.0. The van der Waals surface area contributed by atoms with Gasteiger partial charge in [0.15, 0.2) is 0 Å². The van der Waals surface area contributed by atoms with Gasteiger partial charge in [-0.05, 0) is 42.2 Å². The summed E-state index contributed by atoms with van der Waals surface area (Å²) in [6, 6.07) is 17.9. The molecule has 1 atom stereocenters. The van der Waals surface area contributed by atoms with Crippen LogP contribution in [0.1, 0.15) is 28.7 Å². The van der Waals surface area contributed by atoms with Gasteiger partial charge in [0.05, 0.1) is 11.6 Å². The van der Waals surface area contributed by atoms with Crippen molar-refractivity contribution in [2.75, 3.05) is 13.1 Å². The fraction of sp³-hybridized carbons (Fsp3) is 0.316. The highest BCUT2D eigenvalue weighted by atomic mass is 16.3. The maximum atomic E-state index is 11.0. The van der Waals surface area contributed by atoms with Crippen molar-refractivity contribution in [1.82, 2.24) is 4.90 Å². The normalized spacial score (nSPS) is 21.7. The molecule has 1 aliphatic rings. The van der Waals surface area contributed by atoms with Crippen molar-refractivity contribution in [3.63, 3.8) is 0 Å². The number of rotatable bonds is 3. The second kappa shape index (κ2) is 5.92. The Bertz CT molecular complexity index is 719. The van der Waals surface area contributed by atoms with E-state index in [0.29, 0.717) is 12.1 Å². The number of nitrogens with zero attached hydrogens (tertiary/aromatic N) is 2. The molecule has 0 aliphatic carbocycles. The molecule has 0 radical (unpaired) electrons. The van der Waals surface area contributed by atoms with Crippen LogP contribution in [0.3, 0.4) is 0 Å². The molecule has 1 N–H and O–H groups in total. The molecule has 0 aromatic heterocycles. The van der Waals surface area contributed by atoms with Gasteiger partial charge in [0.25, 0.3) is 0 Å². The van der Waals surface area contributed by atoms with Gasteiger partial charge in [-0.3, -0.25) is 4.90 Å². The summed E-state index contributed by atoms with van der Waals surface area (Å²) in [5.74, 6) is 0. The number of nitriles is 1. The highest BCUT2D eigenvalue weighted by molar-refractivity contribution is 5.34. The molecule has 112 valence electrons. The van der Waals surface area contributed by atoms with Gasteiger partial charge in [0.2, 0.25) is 0 Å². The highest BCUT2D eigenvalue weighted by Gasteiger charge is 2.38. The molecule has 3 heteroatoms. The van der Waals surface area contributed by atoms with Crippen LogP contribution in [0.4, 0.5) is 0 Å². The molecule has 3 rings (SSSR count). The van der Waals surface area contributed by atoms with Crippen LogP contribution in [-0.2, 0) is 12.1 Å². The minimum absolute atomic E-state index is 0.634. The summed E-state index contributed by atoms with van der Waals surface area (Å²) in [5.41, 5.74) is 3.21. The van der Waals surface area contributed by atoms with Crippen molar-refractivity contribution < 1.29 is 5.11 Å². The average molecular weight is 292 g/mol. The van der Waals surface area contributed by atoms with Gasteiger partial charge in [-0.15, -0.1) is 0 Å². The summed E-state index contributed by atoms with van der Waals surface area (Å²) in [6.07, 6.45) is 0.746. The van der Waals surface area contributed by atoms with E-state index in [1.807, 2.05) is 55.5 Å². The third-order valence-corrected chi connectivity index (χ3v) is 4.44. The standard InChI is InChI=1S/C19H20N2O/c1-15-5-2-3-8-18(15)19(22)9-10-21(14-19)13-17-7-4-6-16(11-17)12-20/h2-8,11,22H,9-10,13-14H2,1H3. The molecule has 1 saturated heterocycles. The second-order valence-electron chi connectivity index (χ2n) is 6.12. The van der Waals surface area contributed by atoms with Crippen molar-refractivity contribution in [2.45, 2.75) is 25.5 Å². The van der Waals surface area contributed by atoms with Crippen molar-refractivity contribution in [3.8, 4) is 6.07 Å². The molecule has 1 unspecified atom stereocenters. The number of hydrogen-bond donors (Lipinski definition) is 1. The van der Waals surface area contributed by atoms with Gasteiger partial charge < -0.3 is 5.11 Å². The van der Waals surface area contributed by atoms with Crippen LogP contribution in [-0.4, -0.2) is 23.1 Å². The van der Waals surface area contributed by atoms with Gasteiger partial charge in [-0.1, -0.05) is 36.4 Å². The van der Waals surface area contributed by atoms with E-state index in [1.165, 1.54) is 0 Å². The first-order chi connectivity index (χ1) is 10.6. The van der Waals surface area contributed by atoms with Crippen LogP contribution >= 0.6 is 0 Å². The minimum Gasteiger partial charge on any atom is -0.384 e. The predicted molar refractivity (Wildman–Crippen MR) is 86.1 cm³/mol.